The van der Waals surface area contributed by atoms with Crippen molar-refractivity contribution in [3.63, 3.8) is 0 Å². The first kappa shape index (κ1) is 21.5. The molecule has 2 N–H and O–H groups in total. The lowest BCUT2D eigenvalue weighted by Crippen LogP contribution is -2.19. The van der Waals surface area contributed by atoms with E-state index in [4.69, 9.17) is 9.26 Å². The molecule has 9 heteroatoms. The molecule has 0 fully saturated rings. The number of aliphatic hydroxyl groups is 1. The molecule has 0 unspecified atom stereocenters. The van der Waals surface area contributed by atoms with Crippen molar-refractivity contribution in [2.24, 2.45) is 0 Å². The summed E-state index contributed by atoms with van der Waals surface area (Å²) in [6.07, 6.45) is 4.23. The number of nitrogens with one attached hydrogen (secondary N) is 1. The van der Waals surface area contributed by atoms with E-state index in [0.29, 0.717) is 52.9 Å². The maximum absolute atomic E-state index is 13.0. The molecule has 0 radical (unpaired) electrons. The van der Waals surface area contributed by atoms with Gasteiger partial charge in [0.05, 0.1) is 25.1 Å². The molecule has 4 aromatic rings. The molecular formula is C23H25N5O4. The summed E-state index contributed by atoms with van der Waals surface area (Å²) in [5, 5.41) is 16.9. The molecular weight excluding hydrogens is 410 g/mol. The van der Waals surface area contributed by atoms with Gasteiger partial charge in [0, 0.05) is 17.7 Å². The van der Waals surface area contributed by atoms with Crippen LogP contribution in [-0.4, -0.2) is 43.2 Å². The van der Waals surface area contributed by atoms with Crippen LogP contribution >= 0.6 is 0 Å². The fourth-order valence-electron chi connectivity index (χ4n) is 3.22. The molecule has 3 aromatic heterocycles. The molecule has 166 valence electrons. The largest absolute Gasteiger partial charge is 0.495 e. The van der Waals surface area contributed by atoms with Gasteiger partial charge in [0.25, 0.3) is 5.91 Å². The fraction of sp³-hybridized carbons (Fsp3) is 0.304. The lowest BCUT2D eigenvalue weighted by molar-refractivity contribution is 0.0689. The van der Waals surface area contributed by atoms with Gasteiger partial charge in [-0.3, -0.25) is 9.20 Å². The minimum Gasteiger partial charge on any atom is -0.495 e. The monoisotopic (exact) mass is 435 g/mol. The van der Waals surface area contributed by atoms with Crippen molar-refractivity contribution >= 4 is 17.2 Å². The average Bonchev–Trinajstić information content (AvgIpc) is 3.40. The van der Waals surface area contributed by atoms with Crippen LogP contribution in [0.1, 0.15) is 42.2 Å². The summed E-state index contributed by atoms with van der Waals surface area (Å²) in [5.74, 6) is 1.20. The Kier molecular flexibility index (Phi) is 5.67. The van der Waals surface area contributed by atoms with Gasteiger partial charge in [-0.05, 0) is 51.0 Å². The first-order valence-corrected chi connectivity index (χ1v) is 10.2. The number of hydrogen-bond acceptors (Lipinski definition) is 7. The molecule has 0 aliphatic heterocycles. The topological polar surface area (TPSA) is 115 Å². The van der Waals surface area contributed by atoms with Crippen molar-refractivity contribution in [3.8, 4) is 17.1 Å². The summed E-state index contributed by atoms with van der Waals surface area (Å²) in [4.78, 5) is 21.7. The van der Waals surface area contributed by atoms with Crippen LogP contribution in [0.4, 0.5) is 5.69 Å². The van der Waals surface area contributed by atoms with Crippen LogP contribution in [-0.2, 0) is 6.42 Å². The summed E-state index contributed by atoms with van der Waals surface area (Å²) in [7, 11) is 1.57. The van der Waals surface area contributed by atoms with Crippen molar-refractivity contribution in [1.29, 1.82) is 0 Å². The summed E-state index contributed by atoms with van der Waals surface area (Å²) >= 11 is 0. The number of aromatic nitrogens is 4. The minimum atomic E-state index is -0.808. The number of carbonyl (C=O) groups is 1. The highest BCUT2D eigenvalue weighted by molar-refractivity contribution is 6.04. The molecule has 1 aromatic carbocycles. The first-order valence-electron chi connectivity index (χ1n) is 10.2. The molecule has 0 saturated heterocycles. The van der Waals surface area contributed by atoms with Crippen LogP contribution in [0.2, 0.25) is 0 Å². The van der Waals surface area contributed by atoms with Gasteiger partial charge in [-0.25, -0.2) is 4.98 Å². The van der Waals surface area contributed by atoms with E-state index in [2.05, 4.69) is 20.4 Å². The smallest absolute Gasteiger partial charge is 0.274 e. The number of carbonyl (C=O) groups excluding carboxylic acids is 1. The number of methoxy groups -OCH3 is 1. The maximum Gasteiger partial charge on any atom is 0.274 e. The van der Waals surface area contributed by atoms with E-state index in [1.165, 1.54) is 6.20 Å². The second-order valence-corrected chi connectivity index (χ2v) is 8.25. The Morgan fingerprint density at radius 3 is 2.84 bits per heavy atom. The van der Waals surface area contributed by atoms with E-state index >= 15 is 0 Å². The number of benzene rings is 1. The number of anilines is 1. The Morgan fingerprint density at radius 2 is 2.09 bits per heavy atom. The molecule has 4 rings (SSSR count). The SMILES string of the molecule is COc1ccc2ncc(C(=O)Nc3cc(-c4noc(CCC(C)(C)O)n4)ccc3C)n2c1. The zero-order chi connectivity index (χ0) is 22.9. The quantitative estimate of drug-likeness (QED) is 0.455. The Bertz CT molecular complexity index is 1270. The molecule has 32 heavy (non-hydrogen) atoms. The van der Waals surface area contributed by atoms with E-state index in [1.54, 1.807) is 43.7 Å². The molecule has 0 atom stereocenters. The third-order valence-corrected chi connectivity index (χ3v) is 5.11. The van der Waals surface area contributed by atoms with Gasteiger partial charge in [0.1, 0.15) is 17.1 Å². The zero-order valence-electron chi connectivity index (χ0n) is 18.4. The Morgan fingerprint density at radius 1 is 1.28 bits per heavy atom. The number of hydrogen-bond donors (Lipinski definition) is 2. The van der Waals surface area contributed by atoms with Crippen molar-refractivity contribution in [3.05, 3.63) is 59.9 Å². The van der Waals surface area contributed by atoms with Crippen molar-refractivity contribution in [1.82, 2.24) is 19.5 Å². The molecule has 0 spiro atoms. The number of amides is 1. The number of fused-ring (bicyclic) bond motifs is 1. The highest BCUT2D eigenvalue weighted by atomic mass is 16.5. The number of rotatable bonds is 7. The molecule has 1 amide bonds. The molecule has 0 bridgehead atoms. The third kappa shape index (κ3) is 4.62. The lowest BCUT2D eigenvalue weighted by atomic mass is 10.0. The number of nitrogens with zero attached hydrogens (tertiary/aromatic N) is 4. The number of pyridine rings is 1. The highest BCUT2D eigenvalue weighted by Crippen LogP contribution is 2.25. The summed E-state index contributed by atoms with van der Waals surface area (Å²) in [6.45, 7) is 5.37. The Hall–Kier alpha value is -3.72. The number of imidazole rings is 1. The number of aryl methyl sites for hydroxylation is 2. The van der Waals surface area contributed by atoms with E-state index in [9.17, 15) is 9.90 Å². The van der Waals surface area contributed by atoms with Gasteiger partial charge in [0.2, 0.25) is 11.7 Å². The summed E-state index contributed by atoms with van der Waals surface area (Å²) in [6, 6.07) is 9.14. The van der Waals surface area contributed by atoms with Crippen LogP contribution in [0.15, 0.2) is 47.2 Å². The summed E-state index contributed by atoms with van der Waals surface area (Å²) in [5.41, 5.74) is 2.46. The maximum atomic E-state index is 13.0. The molecule has 3 heterocycles. The standard InChI is InChI=1S/C23H25N5O4/c1-14-5-6-15(21-26-20(32-27-21)9-10-23(2,3)30)11-17(14)25-22(29)18-12-24-19-8-7-16(31-4)13-28(18)19/h5-8,11-13,30H,9-10H2,1-4H3,(H,25,29). The average molecular weight is 435 g/mol. The second kappa shape index (κ2) is 8.43. The van der Waals surface area contributed by atoms with Gasteiger partial charge < -0.3 is 19.7 Å². The van der Waals surface area contributed by atoms with Gasteiger partial charge in [0.15, 0.2) is 0 Å². The molecule has 0 aliphatic carbocycles. The van der Waals surface area contributed by atoms with Crippen LogP contribution < -0.4 is 10.1 Å². The predicted octanol–water partition coefficient (Wildman–Crippen LogP) is 3.66. The van der Waals surface area contributed by atoms with Crippen molar-refractivity contribution < 1.29 is 19.2 Å². The Balaban J connectivity index is 1.56. The third-order valence-electron chi connectivity index (χ3n) is 5.11. The van der Waals surface area contributed by atoms with Gasteiger partial charge in [-0.1, -0.05) is 17.3 Å². The molecule has 0 aliphatic rings. The van der Waals surface area contributed by atoms with Gasteiger partial charge >= 0.3 is 0 Å². The van der Waals surface area contributed by atoms with E-state index in [-0.39, 0.29) is 5.91 Å². The van der Waals surface area contributed by atoms with Crippen molar-refractivity contribution in [2.45, 2.75) is 39.2 Å². The first-order chi connectivity index (χ1) is 15.2. The second-order valence-electron chi connectivity index (χ2n) is 8.25. The molecule has 9 nitrogen and oxygen atoms in total. The predicted molar refractivity (Wildman–Crippen MR) is 119 cm³/mol. The van der Waals surface area contributed by atoms with Gasteiger partial charge in [-0.15, -0.1) is 0 Å². The van der Waals surface area contributed by atoms with Crippen LogP contribution in [0.3, 0.4) is 0 Å². The normalized spacial score (nSPS) is 11.7. The summed E-state index contributed by atoms with van der Waals surface area (Å²) < 4.78 is 12.2. The zero-order valence-corrected chi connectivity index (χ0v) is 18.4. The fourth-order valence-corrected chi connectivity index (χ4v) is 3.22. The minimum absolute atomic E-state index is 0.301. The van der Waals surface area contributed by atoms with E-state index in [0.717, 1.165) is 5.56 Å². The highest BCUT2D eigenvalue weighted by Gasteiger charge is 2.18. The van der Waals surface area contributed by atoms with Gasteiger partial charge in [-0.2, -0.15) is 4.98 Å². The number of ether oxygens (including phenoxy) is 1. The Labute approximate surface area is 185 Å². The van der Waals surface area contributed by atoms with E-state index in [1.807, 2.05) is 25.1 Å². The van der Waals surface area contributed by atoms with E-state index < -0.39 is 5.60 Å². The molecule has 0 saturated carbocycles. The van der Waals surface area contributed by atoms with Crippen LogP contribution in [0.25, 0.3) is 17.0 Å². The van der Waals surface area contributed by atoms with Crippen LogP contribution in [0, 0.1) is 6.92 Å². The lowest BCUT2D eigenvalue weighted by Gasteiger charge is -2.14. The van der Waals surface area contributed by atoms with Crippen LogP contribution in [0.5, 0.6) is 5.75 Å². The van der Waals surface area contributed by atoms with Crippen molar-refractivity contribution in [2.75, 3.05) is 12.4 Å².